The predicted octanol–water partition coefficient (Wildman–Crippen LogP) is 6.73. The van der Waals surface area contributed by atoms with Gasteiger partial charge in [-0.05, 0) is 67.7 Å². The zero-order chi connectivity index (χ0) is 21.6. The molecule has 0 aromatic carbocycles. The minimum absolute atomic E-state index is 0.00881. The molecular formula is C25H49NO2. The normalized spacial score (nSPS) is 19.8. The first kappa shape index (κ1) is 25.5. The van der Waals surface area contributed by atoms with Gasteiger partial charge in [0.15, 0.2) is 0 Å². The molecule has 3 nitrogen and oxygen atoms in total. The number of carbonyl (C=O) groups is 1. The van der Waals surface area contributed by atoms with E-state index in [1.165, 1.54) is 25.7 Å². The van der Waals surface area contributed by atoms with E-state index in [-0.39, 0.29) is 22.9 Å². The Morgan fingerprint density at radius 2 is 1.75 bits per heavy atom. The van der Waals surface area contributed by atoms with Crippen LogP contribution >= 0.6 is 0 Å². The molecule has 0 amide bonds. The topological polar surface area (TPSA) is 52.3 Å². The first-order valence-electron chi connectivity index (χ1n) is 11.8. The van der Waals surface area contributed by atoms with E-state index in [0.717, 1.165) is 25.2 Å². The Balaban J connectivity index is 2.95. The van der Waals surface area contributed by atoms with E-state index in [2.05, 4.69) is 55.4 Å². The zero-order valence-corrected chi connectivity index (χ0v) is 20.2. The van der Waals surface area contributed by atoms with Crippen LogP contribution in [0.1, 0.15) is 113 Å². The molecule has 1 aliphatic rings. The van der Waals surface area contributed by atoms with E-state index in [9.17, 15) is 4.79 Å². The molecule has 1 saturated carbocycles. The van der Waals surface area contributed by atoms with Gasteiger partial charge in [-0.15, -0.1) is 0 Å². The minimum Gasteiger partial charge on any atom is -0.462 e. The number of nitrogens with two attached hydrogens (primary N) is 1. The lowest BCUT2D eigenvalue weighted by atomic mass is 9.67. The molecule has 0 heterocycles. The van der Waals surface area contributed by atoms with Crippen molar-refractivity contribution in [1.82, 2.24) is 0 Å². The van der Waals surface area contributed by atoms with Gasteiger partial charge in [-0.3, -0.25) is 4.79 Å². The fourth-order valence-corrected chi connectivity index (χ4v) is 4.86. The summed E-state index contributed by atoms with van der Waals surface area (Å²) in [6.07, 6.45) is 9.47. The van der Waals surface area contributed by atoms with Crippen molar-refractivity contribution in [3.8, 4) is 0 Å². The number of esters is 1. The molecule has 3 heteroatoms. The van der Waals surface area contributed by atoms with E-state index in [1.54, 1.807) is 0 Å². The Kier molecular flexibility index (Phi) is 9.51. The molecule has 0 saturated heterocycles. The number of ether oxygens (including phenoxy) is 1. The fraction of sp³-hybridized carbons (Fsp3) is 0.960. The Bertz CT molecular complexity index is 479. The number of carbonyl (C=O) groups excluding carboxylic acids is 1. The smallest absolute Gasteiger partial charge is 0.306 e. The Hall–Kier alpha value is -0.570. The van der Waals surface area contributed by atoms with Gasteiger partial charge < -0.3 is 10.5 Å². The van der Waals surface area contributed by atoms with Crippen molar-refractivity contribution >= 4 is 5.97 Å². The van der Waals surface area contributed by atoms with Gasteiger partial charge in [0.2, 0.25) is 0 Å². The van der Waals surface area contributed by atoms with Crippen molar-refractivity contribution in [3.63, 3.8) is 0 Å². The maximum atomic E-state index is 12.5. The lowest BCUT2D eigenvalue weighted by molar-refractivity contribution is -0.159. The van der Waals surface area contributed by atoms with Gasteiger partial charge in [0.1, 0.15) is 6.10 Å². The lowest BCUT2D eigenvalue weighted by Crippen LogP contribution is -2.40. The molecule has 166 valence electrons. The second kappa shape index (κ2) is 10.5. The minimum atomic E-state index is -0.0665. The highest BCUT2D eigenvalue weighted by Crippen LogP contribution is 2.59. The molecule has 0 bridgehead atoms. The van der Waals surface area contributed by atoms with Crippen molar-refractivity contribution in [2.45, 2.75) is 119 Å². The first-order chi connectivity index (χ1) is 12.9. The molecule has 2 N–H and O–H groups in total. The van der Waals surface area contributed by atoms with Gasteiger partial charge in [-0.1, -0.05) is 68.2 Å². The van der Waals surface area contributed by atoms with Crippen LogP contribution in [0.25, 0.3) is 0 Å². The van der Waals surface area contributed by atoms with Crippen LogP contribution in [0.5, 0.6) is 0 Å². The monoisotopic (exact) mass is 395 g/mol. The summed E-state index contributed by atoms with van der Waals surface area (Å²) in [6.45, 7) is 19.2. The molecule has 0 spiro atoms. The standard InChI is InChI=1S/C25H49NO2/c1-9-19(3)16-20(4)25(13-14-25)17-21(28-22(27)12-11-15-26)24(7,8)18-23(5,6)10-2/h19-21H,9-18,26H2,1-8H3. The summed E-state index contributed by atoms with van der Waals surface area (Å²) in [7, 11) is 0. The van der Waals surface area contributed by atoms with Crippen LogP contribution in [0.4, 0.5) is 0 Å². The summed E-state index contributed by atoms with van der Waals surface area (Å²) in [4.78, 5) is 12.5. The first-order valence-corrected chi connectivity index (χ1v) is 11.8. The summed E-state index contributed by atoms with van der Waals surface area (Å²) >= 11 is 0. The highest BCUT2D eigenvalue weighted by atomic mass is 16.5. The van der Waals surface area contributed by atoms with Gasteiger partial charge in [0, 0.05) is 11.8 Å². The van der Waals surface area contributed by atoms with Gasteiger partial charge >= 0.3 is 5.97 Å². The van der Waals surface area contributed by atoms with Crippen LogP contribution < -0.4 is 5.73 Å². The van der Waals surface area contributed by atoms with Gasteiger partial charge in [-0.2, -0.15) is 0 Å². The summed E-state index contributed by atoms with van der Waals surface area (Å²) < 4.78 is 6.17. The summed E-state index contributed by atoms with van der Waals surface area (Å²) in [5.41, 5.74) is 6.20. The molecule has 0 radical (unpaired) electrons. The Morgan fingerprint density at radius 3 is 2.21 bits per heavy atom. The van der Waals surface area contributed by atoms with E-state index >= 15 is 0 Å². The number of rotatable bonds is 14. The van der Waals surface area contributed by atoms with Crippen LogP contribution in [-0.4, -0.2) is 18.6 Å². The van der Waals surface area contributed by atoms with Crippen molar-refractivity contribution in [2.75, 3.05) is 6.54 Å². The fourth-order valence-electron chi connectivity index (χ4n) is 4.86. The maximum Gasteiger partial charge on any atom is 0.306 e. The highest BCUT2D eigenvalue weighted by molar-refractivity contribution is 5.69. The molecule has 3 unspecified atom stereocenters. The summed E-state index contributed by atoms with van der Waals surface area (Å²) in [5, 5.41) is 0. The molecule has 1 fully saturated rings. The van der Waals surface area contributed by atoms with Crippen molar-refractivity contribution in [1.29, 1.82) is 0 Å². The Labute approximate surface area is 175 Å². The van der Waals surface area contributed by atoms with Gasteiger partial charge in [0.05, 0.1) is 0 Å². The summed E-state index contributed by atoms with van der Waals surface area (Å²) in [6, 6.07) is 0. The van der Waals surface area contributed by atoms with E-state index in [1.807, 2.05) is 0 Å². The molecule has 1 rings (SSSR count). The molecule has 0 aliphatic heterocycles. The van der Waals surface area contributed by atoms with E-state index in [0.29, 0.717) is 30.7 Å². The average molecular weight is 396 g/mol. The molecular weight excluding hydrogens is 346 g/mol. The quantitative estimate of drug-likeness (QED) is 0.332. The molecule has 1 aliphatic carbocycles. The van der Waals surface area contributed by atoms with Gasteiger partial charge in [0.25, 0.3) is 0 Å². The van der Waals surface area contributed by atoms with E-state index < -0.39 is 0 Å². The van der Waals surface area contributed by atoms with Crippen molar-refractivity contribution in [3.05, 3.63) is 0 Å². The van der Waals surface area contributed by atoms with E-state index in [4.69, 9.17) is 10.5 Å². The van der Waals surface area contributed by atoms with Crippen LogP contribution in [0, 0.1) is 28.1 Å². The van der Waals surface area contributed by atoms with Crippen LogP contribution in [0.15, 0.2) is 0 Å². The predicted molar refractivity (Wildman–Crippen MR) is 120 cm³/mol. The third-order valence-electron chi connectivity index (χ3n) is 7.60. The van der Waals surface area contributed by atoms with Crippen LogP contribution in [0.2, 0.25) is 0 Å². The third-order valence-corrected chi connectivity index (χ3v) is 7.60. The number of hydrogen-bond acceptors (Lipinski definition) is 3. The lowest BCUT2D eigenvalue weighted by Gasteiger charge is -2.42. The molecule has 0 aromatic heterocycles. The molecule has 3 atom stereocenters. The van der Waals surface area contributed by atoms with Crippen LogP contribution in [0.3, 0.4) is 0 Å². The molecule has 28 heavy (non-hydrogen) atoms. The maximum absolute atomic E-state index is 12.5. The second-order valence-electron chi connectivity index (χ2n) is 11.3. The van der Waals surface area contributed by atoms with Gasteiger partial charge in [-0.25, -0.2) is 0 Å². The number of hydrogen-bond donors (Lipinski definition) is 1. The molecule has 0 aromatic rings. The third kappa shape index (κ3) is 7.69. The zero-order valence-electron chi connectivity index (χ0n) is 20.2. The largest absolute Gasteiger partial charge is 0.462 e. The van der Waals surface area contributed by atoms with Crippen molar-refractivity contribution < 1.29 is 9.53 Å². The Morgan fingerprint density at radius 1 is 1.14 bits per heavy atom. The van der Waals surface area contributed by atoms with Crippen LogP contribution in [-0.2, 0) is 9.53 Å². The highest BCUT2D eigenvalue weighted by Gasteiger charge is 2.51. The summed E-state index contributed by atoms with van der Waals surface area (Å²) in [5.74, 6) is 1.40. The SMILES string of the molecule is CCC(C)CC(C)C1(CC(OC(=O)CCCN)C(C)(C)CC(C)(C)CC)CC1. The average Bonchev–Trinajstić information content (AvgIpc) is 3.39. The van der Waals surface area contributed by atoms with Crippen molar-refractivity contribution in [2.24, 2.45) is 33.8 Å². The second-order valence-corrected chi connectivity index (χ2v) is 11.3.